The highest BCUT2D eigenvalue weighted by molar-refractivity contribution is 5.56. The number of benzene rings is 1. The fraction of sp³-hybridized carbons (Fsp3) is 0.474. The Morgan fingerprint density at radius 2 is 1.83 bits per heavy atom. The summed E-state index contributed by atoms with van der Waals surface area (Å²) in [7, 11) is 0. The van der Waals surface area contributed by atoms with Crippen LogP contribution in [0, 0.1) is 6.92 Å². The third-order valence-corrected chi connectivity index (χ3v) is 4.27. The van der Waals surface area contributed by atoms with Crippen molar-refractivity contribution in [1.29, 1.82) is 0 Å². The van der Waals surface area contributed by atoms with E-state index < -0.39 is 0 Å². The Bertz CT molecular complexity index is 652. The molecule has 2 aromatic rings. The summed E-state index contributed by atoms with van der Waals surface area (Å²) < 4.78 is 5.84. The van der Waals surface area contributed by atoms with E-state index in [0.29, 0.717) is 18.3 Å². The number of rotatable bonds is 6. The van der Waals surface area contributed by atoms with Crippen LogP contribution in [0.3, 0.4) is 0 Å². The number of aromatic hydroxyl groups is 1. The van der Waals surface area contributed by atoms with Crippen LogP contribution in [0.25, 0.3) is 11.4 Å². The summed E-state index contributed by atoms with van der Waals surface area (Å²) in [5.41, 5.74) is 1.74. The maximum atomic E-state index is 9.39. The topological polar surface area (TPSA) is 58.5 Å². The minimum absolute atomic E-state index is 0.237. The molecule has 1 aliphatic heterocycles. The second-order valence-corrected chi connectivity index (χ2v) is 6.32. The summed E-state index contributed by atoms with van der Waals surface area (Å²) in [4.78, 5) is 11.5. The van der Waals surface area contributed by atoms with Crippen molar-refractivity contribution in [2.45, 2.75) is 32.6 Å². The molecule has 3 rings (SSSR count). The lowest BCUT2D eigenvalue weighted by Gasteiger charge is -2.26. The quantitative estimate of drug-likeness (QED) is 0.824. The van der Waals surface area contributed by atoms with Gasteiger partial charge < -0.3 is 14.7 Å². The van der Waals surface area contributed by atoms with Gasteiger partial charge in [-0.2, -0.15) is 4.98 Å². The van der Waals surface area contributed by atoms with Gasteiger partial charge in [-0.05, 0) is 63.5 Å². The summed E-state index contributed by atoms with van der Waals surface area (Å²) in [6.45, 7) is 6.14. The van der Waals surface area contributed by atoms with Crippen molar-refractivity contribution < 1.29 is 9.84 Å². The lowest BCUT2D eigenvalue weighted by atomic mass is 10.1. The molecule has 1 saturated heterocycles. The second kappa shape index (κ2) is 8.11. The predicted octanol–water partition coefficient (Wildman–Crippen LogP) is 3.41. The molecule has 1 aromatic carbocycles. The molecular weight excluding hydrogens is 302 g/mol. The number of likely N-dealkylation sites (tertiary alicyclic amines) is 1. The van der Waals surface area contributed by atoms with Crippen LogP contribution in [0.4, 0.5) is 0 Å². The van der Waals surface area contributed by atoms with Gasteiger partial charge in [0.2, 0.25) is 5.88 Å². The Labute approximate surface area is 143 Å². The first-order chi connectivity index (χ1) is 11.7. The summed E-state index contributed by atoms with van der Waals surface area (Å²) >= 11 is 0. The number of ether oxygens (including phenoxy) is 1. The molecule has 5 heteroatoms. The zero-order valence-electron chi connectivity index (χ0n) is 14.2. The van der Waals surface area contributed by atoms with Gasteiger partial charge in [0, 0.05) is 23.9 Å². The monoisotopic (exact) mass is 327 g/mol. The maximum Gasteiger partial charge on any atom is 0.217 e. The van der Waals surface area contributed by atoms with Crippen molar-refractivity contribution in [3.8, 4) is 23.0 Å². The number of phenolic OH excluding ortho intramolecular Hbond substituents is 1. The zero-order chi connectivity index (χ0) is 16.8. The summed E-state index contributed by atoms with van der Waals surface area (Å²) in [5, 5.41) is 9.39. The number of aryl methyl sites for hydroxylation is 1. The molecular formula is C19H25N3O2. The van der Waals surface area contributed by atoms with Gasteiger partial charge >= 0.3 is 0 Å². The molecule has 0 unspecified atom stereocenters. The first-order valence-electron chi connectivity index (χ1n) is 8.71. The highest BCUT2D eigenvalue weighted by Gasteiger charge is 2.10. The summed E-state index contributed by atoms with van der Waals surface area (Å²) in [6.07, 6.45) is 5.02. The minimum Gasteiger partial charge on any atom is -0.508 e. The van der Waals surface area contributed by atoms with Gasteiger partial charge in [-0.25, -0.2) is 4.98 Å². The molecule has 1 aromatic heterocycles. The van der Waals surface area contributed by atoms with Crippen LogP contribution in [-0.4, -0.2) is 46.2 Å². The van der Waals surface area contributed by atoms with Gasteiger partial charge in [0.25, 0.3) is 0 Å². The standard InChI is InChI=1S/C19H25N3O2/c1-15-14-18(24-13-5-12-22-10-3-2-4-11-22)21-19(20-15)16-6-8-17(23)9-7-16/h6-9,14,23H,2-5,10-13H2,1H3. The normalized spacial score (nSPS) is 15.4. The van der Waals surface area contributed by atoms with E-state index in [1.165, 1.54) is 32.4 Å². The zero-order valence-corrected chi connectivity index (χ0v) is 14.2. The molecule has 1 aliphatic rings. The van der Waals surface area contributed by atoms with Crippen LogP contribution in [0.15, 0.2) is 30.3 Å². The van der Waals surface area contributed by atoms with Crippen molar-refractivity contribution in [3.05, 3.63) is 36.0 Å². The van der Waals surface area contributed by atoms with E-state index in [2.05, 4.69) is 14.9 Å². The van der Waals surface area contributed by atoms with Crippen LogP contribution in [-0.2, 0) is 0 Å². The van der Waals surface area contributed by atoms with Gasteiger partial charge in [0.05, 0.1) is 6.61 Å². The Balaban J connectivity index is 1.56. The van der Waals surface area contributed by atoms with Gasteiger partial charge in [-0.15, -0.1) is 0 Å². The lowest BCUT2D eigenvalue weighted by molar-refractivity contribution is 0.203. The molecule has 1 fully saturated rings. The fourth-order valence-corrected chi connectivity index (χ4v) is 3.00. The lowest BCUT2D eigenvalue weighted by Crippen LogP contribution is -2.31. The molecule has 0 amide bonds. The minimum atomic E-state index is 0.237. The number of piperidine rings is 1. The average molecular weight is 327 g/mol. The van der Waals surface area contributed by atoms with Gasteiger partial charge in [-0.1, -0.05) is 6.42 Å². The van der Waals surface area contributed by atoms with E-state index >= 15 is 0 Å². The molecule has 0 spiro atoms. The molecule has 0 radical (unpaired) electrons. The molecule has 0 atom stereocenters. The third-order valence-electron chi connectivity index (χ3n) is 4.27. The van der Waals surface area contributed by atoms with E-state index in [1.807, 2.05) is 25.1 Å². The largest absolute Gasteiger partial charge is 0.508 e. The van der Waals surface area contributed by atoms with E-state index in [4.69, 9.17) is 4.74 Å². The van der Waals surface area contributed by atoms with Crippen LogP contribution >= 0.6 is 0 Å². The second-order valence-electron chi connectivity index (χ2n) is 6.32. The van der Waals surface area contributed by atoms with Crippen molar-refractivity contribution in [2.75, 3.05) is 26.2 Å². The van der Waals surface area contributed by atoms with Gasteiger partial charge in [-0.3, -0.25) is 0 Å². The van der Waals surface area contributed by atoms with E-state index in [9.17, 15) is 5.11 Å². The Hall–Kier alpha value is -2.14. The molecule has 2 heterocycles. The Morgan fingerprint density at radius 1 is 1.08 bits per heavy atom. The number of hydrogen-bond donors (Lipinski definition) is 1. The maximum absolute atomic E-state index is 9.39. The smallest absolute Gasteiger partial charge is 0.217 e. The molecule has 128 valence electrons. The van der Waals surface area contributed by atoms with Crippen LogP contribution in [0.1, 0.15) is 31.4 Å². The first-order valence-corrected chi connectivity index (χ1v) is 8.71. The number of nitrogens with zero attached hydrogens (tertiary/aromatic N) is 3. The Morgan fingerprint density at radius 3 is 2.58 bits per heavy atom. The van der Waals surface area contributed by atoms with Crippen molar-refractivity contribution in [1.82, 2.24) is 14.9 Å². The highest BCUT2D eigenvalue weighted by Crippen LogP contribution is 2.21. The molecule has 0 saturated carbocycles. The van der Waals surface area contributed by atoms with Crippen LogP contribution < -0.4 is 4.74 Å². The predicted molar refractivity (Wildman–Crippen MR) is 94.3 cm³/mol. The van der Waals surface area contributed by atoms with Crippen LogP contribution in [0.5, 0.6) is 11.6 Å². The van der Waals surface area contributed by atoms with E-state index in [1.54, 1.807) is 12.1 Å². The Kier molecular flexibility index (Phi) is 5.64. The SMILES string of the molecule is Cc1cc(OCCCN2CCCCC2)nc(-c2ccc(O)cc2)n1. The number of aromatic nitrogens is 2. The molecule has 5 nitrogen and oxygen atoms in total. The van der Waals surface area contributed by atoms with Gasteiger partial charge in [0.15, 0.2) is 5.82 Å². The third kappa shape index (κ3) is 4.68. The molecule has 0 bridgehead atoms. The average Bonchev–Trinajstić information content (AvgIpc) is 2.60. The molecule has 0 aliphatic carbocycles. The van der Waals surface area contributed by atoms with Gasteiger partial charge in [0.1, 0.15) is 5.75 Å². The highest BCUT2D eigenvalue weighted by atomic mass is 16.5. The first kappa shape index (κ1) is 16.7. The number of phenols is 1. The van der Waals surface area contributed by atoms with Crippen LogP contribution in [0.2, 0.25) is 0 Å². The van der Waals surface area contributed by atoms with Crippen molar-refractivity contribution in [3.63, 3.8) is 0 Å². The van der Waals surface area contributed by atoms with E-state index in [0.717, 1.165) is 24.2 Å². The fourth-order valence-electron chi connectivity index (χ4n) is 3.00. The van der Waals surface area contributed by atoms with Crippen molar-refractivity contribution in [2.24, 2.45) is 0 Å². The number of hydrogen-bond acceptors (Lipinski definition) is 5. The summed E-state index contributed by atoms with van der Waals surface area (Å²) in [5.74, 6) is 1.48. The summed E-state index contributed by atoms with van der Waals surface area (Å²) in [6, 6.07) is 8.76. The molecule has 24 heavy (non-hydrogen) atoms. The van der Waals surface area contributed by atoms with Crippen molar-refractivity contribution >= 4 is 0 Å². The molecule has 1 N–H and O–H groups in total. The van der Waals surface area contributed by atoms with E-state index in [-0.39, 0.29) is 5.75 Å².